The summed E-state index contributed by atoms with van der Waals surface area (Å²) in [5, 5.41) is 5.47. The number of halogens is 1. The van der Waals surface area contributed by atoms with E-state index in [0.29, 0.717) is 23.4 Å². The summed E-state index contributed by atoms with van der Waals surface area (Å²) in [6.07, 6.45) is 3.33. The smallest absolute Gasteiger partial charge is 0.255 e. The maximum atomic E-state index is 12.9. The number of amides is 2. The lowest BCUT2D eigenvalue weighted by Crippen LogP contribution is -2.23. The van der Waals surface area contributed by atoms with Crippen molar-refractivity contribution >= 4 is 17.5 Å². The van der Waals surface area contributed by atoms with E-state index in [2.05, 4.69) is 15.6 Å². The first kappa shape index (κ1) is 17.3. The Kier molecular flexibility index (Phi) is 5.34. The Labute approximate surface area is 149 Å². The molecule has 6 heteroatoms. The largest absolute Gasteiger partial charge is 0.348 e. The van der Waals surface area contributed by atoms with Gasteiger partial charge in [-0.05, 0) is 66.2 Å². The van der Waals surface area contributed by atoms with Crippen molar-refractivity contribution in [3.8, 4) is 0 Å². The van der Waals surface area contributed by atoms with Gasteiger partial charge in [0.15, 0.2) is 0 Å². The molecule has 0 bridgehead atoms. The monoisotopic (exact) mass is 349 g/mol. The second-order valence-corrected chi connectivity index (χ2v) is 5.58. The van der Waals surface area contributed by atoms with Gasteiger partial charge in [0.25, 0.3) is 11.8 Å². The topological polar surface area (TPSA) is 71.1 Å². The van der Waals surface area contributed by atoms with Crippen LogP contribution in [0.3, 0.4) is 0 Å². The fraction of sp³-hybridized carbons (Fsp3) is 0.0500. The lowest BCUT2D eigenvalue weighted by Gasteiger charge is -2.07. The highest BCUT2D eigenvalue weighted by Gasteiger charge is 2.09. The Morgan fingerprint density at radius 2 is 1.38 bits per heavy atom. The average molecular weight is 349 g/mol. The first-order valence-electron chi connectivity index (χ1n) is 7.96. The van der Waals surface area contributed by atoms with Gasteiger partial charge in [-0.2, -0.15) is 0 Å². The molecule has 3 rings (SSSR count). The summed E-state index contributed by atoms with van der Waals surface area (Å²) in [5.74, 6) is -0.933. The van der Waals surface area contributed by atoms with Crippen LogP contribution < -0.4 is 10.6 Å². The lowest BCUT2D eigenvalue weighted by molar-refractivity contribution is 0.0949. The Bertz CT molecular complexity index is 895. The van der Waals surface area contributed by atoms with Crippen molar-refractivity contribution in [2.45, 2.75) is 6.54 Å². The van der Waals surface area contributed by atoms with E-state index >= 15 is 0 Å². The SMILES string of the molecule is O=C(NCc1ccncc1)c1ccc(C(=O)Nc2ccc(F)cc2)cc1. The number of carbonyl (C=O) groups is 2. The van der Waals surface area contributed by atoms with Gasteiger partial charge in [-0.1, -0.05) is 0 Å². The van der Waals surface area contributed by atoms with Crippen LogP contribution in [0, 0.1) is 5.82 Å². The van der Waals surface area contributed by atoms with Gasteiger partial charge in [0.1, 0.15) is 5.82 Å². The minimum Gasteiger partial charge on any atom is -0.348 e. The number of pyridine rings is 1. The number of nitrogens with one attached hydrogen (secondary N) is 2. The molecule has 0 aliphatic heterocycles. The van der Waals surface area contributed by atoms with Crippen molar-refractivity contribution in [3.63, 3.8) is 0 Å². The van der Waals surface area contributed by atoms with Crippen LogP contribution in [0.5, 0.6) is 0 Å². The van der Waals surface area contributed by atoms with E-state index in [9.17, 15) is 14.0 Å². The third-order valence-electron chi connectivity index (χ3n) is 3.71. The van der Waals surface area contributed by atoms with E-state index in [0.717, 1.165) is 5.56 Å². The van der Waals surface area contributed by atoms with E-state index in [-0.39, 0.29) is 17.6 Å². The first-order valence-corrected chi connectivity index (χ1v) is 7.96. The quantitative estimate of drug-likeness (QED) is 0.742. The molecule has 5 nitrogen and oxygen atoms in total. The molecule has 0 unspecified atom stereocenters. The minimum atomic E-state index is -0.370. The predicted octanol–water partition coefficient (Wildman–Crippen LogP) is 3.40. The van der Waals surface area contributed by atoms with Gasteiger partial charge >= 0.3 is 0 Å². The van der Waals surface area contributed by atoms with Crippen LogP contribution in [-0.2, 0) is 6.54 Å². The molecule has 0 saturated carbocycles. The van der Waals surface area contributed by atoms with E-state index in [4.69, 9.17) is 0 Å². The molecule has 1 heterocycles. The Balaban J connectivity index is 1.59. The van der Waals surface area contributed by atoms with Crippen LogP contribution in [-0.4, -0.2) is 16.8 Å². The predicted molar refractivity (Wildman–Crippen MR) is 96.2 cm³/mol. The third-order valence-corrected chi connectivity index (χ3v) is 3.71. The number of anilines is 1. The average Bonchev–Trinajstić information content (AvgIpc) is 2.69. The van der Waals surface area contributed by atoms with Gasteiger partial charge in [0.2, 0.25) is 0 Å². The van der Waals surface area contributed by atoms with Crippen LogP contribution in [0.1, 0.15) is 26.3 Å². The summed E-state index contributed by atoms with van der Waals surface area (Å²) in [7, 11) is 0. The Morgan fingerprint density at radius 1 is 0.808 bits per heavy atom. The maximum absolute atomic E-state index is 12.9. The Hall–Kier alpha value is -3.54. The van der Waals surface area contributed by atoms with E-state index in [1.54, 1.807) is 36.7 Å². The third kappa shape index (κ3) is 4.51. The highest BCUT2D eigenvalue weighted by molar-refractivity contribution is 6.05. The molecule has 0 atom stereocenters. The van der Waals surface area contributed by atoms with Crippen molar-refractivity contribution in [2.75, 3.05) is 5.32 Å². The summed E-state index contributed by atoms with van der Waals surface area (Å²) in [5.41, 5.74) is 2.30. The van der Waals surface area contributed by atoms with Gasteiger partial charge < -0.3 is 10.6 Å². The van der Waals surface area contributed by atoms with Crippen molar-refractivity contribution in [1.29, 1.82) is 0 Å². The summed E-state index contributed by atoms with van der Waals surface area (Å²) < 4.78 is 12.9. The van der Waals surface area contributed by atoms with E-state index in [1.165, 1.54) is 24.3 Å². The molecule has 0 aliphatic rings. The number of hydrogen-bond donors (Lipinski definition) is 2. The number of carbonyl (C=O) groups excluding carboxylic acids is 2. The lowest BCUT2D eigenvalue weighted by atomic mass is 10.1. The molecule has 2 aromatic carbocycles. The summed E-state index contributed by atoms with van der Waals surface area (Å²) in [6, 6.07) is 15.5. The molecule has 2 amide bonds. The molecule has 1 aromatic heterocycles. The molecule has 0 spiro atoms. The van der Waals surface area contributed by atoms with Crippen molar-refractivity contribution in [2.24, 2.45) is 0 Å². The van der Waals surface area contributed by atoms with Crippen LogP contribution >= 0.6 is 0 Å². The van der Waals surface area contributed by atoms with Crippen LogP contribution in [0.25, 0.3) is 0 Å². The molecule has 0 saturated heterocycles. The fourth-order valence-corrected chi connectivity index (χ4v) is 2.29. The van der Waals surface area contributed by atoms with Gasteiger partial charge in [-0.15, -0.1) is 0 Å². The molecule has 0 aliphatic carbocycles. The van der Waals surface area contributed by atoms with E-state index in [1.807, 2.05) is 12.1 Å². The Morgan fingerprint density at radius 3 is 2.00 bits per heavy atom. The molecule has 26 heavy (non-hydrogen) atoms. The van der Waals surface area contributed by atoms with Crippen molar-refractivity contribution in [3.05, 3.63) is 95.6 Å². The zero-order valence-electron chi connectivity index (χ0n) is 13.8. The highest BCUT2D eigenvalue weighted by atomic mass is 19.1. The number of nitrogens with zero attached hydrogens (tertiary/aromatic N) is 1. The maximum Gasteiger partial charge on any atom is 0.255 e. The van der Waals surface area contributed by atoms with Gasteiger partial charge in [0, 0.05) is 35.8 Å². The van der Waals surface area contributed by atoms with Crippen molar-refractivity contribution < 1.29 is 14.0 Å². The summed E-state index contributed by atoms with van der Waals surface area (Å²) in [4.78, 5) is 28.3. The normalized spacial score (nSPS) is 10.2. The standard InChI is InChI=1S/C20H16FN3O2/c21-17-5-7-18(8-6-17)24-20(26)16-3-1-15(2-4-16)19(25)23-13-14-9-11-22-12-10-14/h1-12H,13H2,(H,23,25)(H,24,26). The summed E-state index contributed by atoms with van der Waals surface area (Å²) >= 11 is 0. The highest BCUT2D eigenvalue weighted by Crippen LogP contribution is 2.11. The summed E-state index contributed by atoms with van der Waals surface area (Å²) in [6.45, 7) is 0.397. The van der Waals surface area contributed by atoms with Gasteiger partial charge in [-0.3, -0.25) is 14.6 Å². The first-order chi connectivity index (χ1) is 12.6. The number of hydrogen-bond acceptors (Lipinski definition) is 3. The number of benzene rings is 2. The molecule has 0 radical (unpaired) electrons. The van der Waals surface area contributed by atoms with Gasteiger partial charge in [-0.25, -0.2) is 4.39 Å². The van der Waals surface area contributed by atoms with E-state index < -0.39 is 0 Å². The molecule has 0 fully saturated rings. The second kappa shape index (κ2) is 8.02. The fourth-order valence-electron chi connectivity index (χ4n) is 2.29. The van der Waals surface area contributed by atoms with Gasteiger partial charge in [0.05, 0.1) is 0 Å². The minimum absolute atomic E-state index is 0.229. The molecule has 3 aromatic rings. The molecule has 2 N–H and O–H groups in total. The zero-order chi connectivity index (χ0) is 18.4. The van der Waals surface area contributed by atoms with Crippen LogP contribution in [0.4, 0.5) is 10.1 Å². The molecular formula is C20H16FN3O2. The number of aromatic nitrogens is 1. The van der Waals surface area contributed by atoms with Crippen LogP contribution in [0.2, 0.25) is 0 Å². The molecule has 130 valence electrons. The number of rotatable bonds is 5. The molecular weight excluding hydrogens is 333 g/mol. The second-order valence-electron chi connectivity index (χ2n) is 5.58. The zero-order valence-corrected chi connectivity index (χ0v) is 13.8. The van der Waals surface area contributed by atoms with Crippen LogP contribution in [0.15, 0.2) is 73.1 Å². The van der Waals surface area contributed by atoms with Crippen molar-refractivity contribution in [1.82, 2.24) is 10.3 Å².